The summed E-state index contributed by atoms with van der Waals surface area (Å²) in [5, 5.41) is 3.68. The predicted octanol–water partition coefficient (Wildman–Crippen LogP) is 4.47. The summed E-state index contributed by atoms with van der Waals surface area (Å²) >= 11 is 0. The quantitative estimate of drug-likeness (QED) is 0.861. The third-order valence-electron chi connectivity index (χ3n) is 4.31. The van der Waals surface area contributed by atoms with Crippen molar-refractivity contribution in [2.45, 2.75) is 52.5 Å². The lowest BCUT2D eigenvalue weighted by atomic mass is 9.73. The Balaban J connectivity index is 2.13. The molecule has 0 bridgehead atoms. The fraction of sp³-hybridized carbons (Fsp3) is 0.647. The van der Waals surface area contributed by atoms with Gasteiger partial charge in [-0.2, -0.15) is 0 Å². The van der Waals surface area contributed by atoms with Crippen molar-refractivity contribution in [3.63, 3.8) is 0 Å². The molecule has 0 heterocycles. The first-order valence-electron chi connectivity index (χ1n) is 7.64. The SMILES string of the molecule is CCOc1ccc(NC2CCCCC2(C)C)cc1OC. The van der Waals surface area contributed by atoms with Crippen LogP contribution in [0.4, 0.5) is 5.69 Å². The molecule has 20 heavy (non-hydrogen) atoms. The highest BCUT2D eigenvalue weighted by Crippen LogP contribution is 2.38. The molecule has 0 aliphatic heterocycles. The van der Waals surface area contributed by atoms with E-state index in [1.54, 1.807) is 7.11 Å². The van der Waals surface area contributed by atoms with Crippen LogP contribution in [0, 0.1) is 5.41 Å². The third kappa shape index (κ3) is 3.38. The lowest BCUT2D eigenvalue weighted by Crippen LogP contribution is -2.38. The summed E-state index contributed by atoms with van der Waals surface area (Å²) in [7, 11) is 1.69. The summed E-state index contributed by atoms with van der Waals surface area (Å²) in [5.74, 6) is 1.61. The minimum Gasteiger partial charge on any atom is -0.493 e. The zero-order valence-electron chi connectivity index (χ0n) is 13.2. The molecule has 1 saturated carbocycles. The summed E-state index contributed by atoms with van der Waals surface area (Å²) in [6.45, 7) is 7.35. The van der Waals surface area contributed by atoms with Crippen LogP contribution in [0.1, 0.15) is 46.5 Å². The Bertz CT molecular complexity index is 443. The van der Waals surface area contributed by atoms with Crippen molar-refractivity contribution in [2.24, 2.45) is 5.41 Å². The van der Waals surface area contributed by atoms with E-state index in [9.17, 15) is 0 Å². The Kier molecular flexibility index (Phi) is 4.79. The van der Waals surface area contributed by atoms with Gasteiger partial charge in [0.05, 0.1) is 13.7 Å². The van der Waals surface area contributed by atoms with Crippen LogP contribution in [-0.2, 0) is 0 Å². The normalized spacial score (nSPS) is 21.3. The molecule has 1 aliphatic carbocycles. The van der Waals surface area contributed by atoms with Crippen LogP contribution in [-0.4, -0.2) is 19.8 Å². The predicted molar refractivity (Wildman–Crippen MR) is 83.8 cm³/mol. The Hall–Kier alpha value is -1.38. The summed E-state index contributed by atoms with van der Waals surface area (Å²) in [6, 6.07) is 6.63. The molecule has 0 spiro atoms. The molecule has 1 fully saturated rings. The molecule has 1 atom stereocenters. The molecule has 1 unspecified atom stereocenters. The number of hydrogen-bond donors (Lipinski definition) is 1. The highest BCUT2D eigenvalue weighted by atomic mass is 16.5. The second-order valence-electron chi connectivity index (χ2n) is 6.23. The molecule has 3 heteroatoms. The lowest BCUT2D eigenvalue weighted by Gasteiger charge is -2.39. The molecular weight excluding hydrogens is 250 g/mol. The smallest absolute Gasteiger partial charge is 0.162 e. The van der Waals surface area contributed by atoms with E-state index in [1.807, 2.05) is 19.1 Å². The van der Waals surface area contributed by atoms with Crippen LogP contribution in [0.2, 0.25) is 0 Å². The van der Waals surface area contributed by atoms with Crippen LogP contribution in [0.3, 0.4) is 0 Å². The maximum Gasteiger partial charge on any atom is 0.162 e. The van der Waals surface area contributed by atoms with E-state index in [2.05, 4.69) is 25.2 Å². The average molecular weight is 277 g/mol. The van der Waals surface area contributed by atoms with Crippen molar-refractivity contribution >= 4 is 5.69 Å². The van der Waals surface area contributed by atoms with Gasteiger partial charge in [-0.3, -0.25) is 0 Å². The monoisotopic (exact) mass is 277 g/mol. The van der Waals surface area contributed by atoms with E-state index >= 15 is 0 Å². The van der Waals surface area contributed by atoms with Crippen LogP contribution in [0.5, 0.6) is 11.5 Å². The molecular formula is C17H27NO2. The minimum absolute atomic E-state index is 0.351. The zero-order valence-corrected chi connectivity index (χ0v) is 13.2. The largest absolute Gasteiger partial charge is 0.493 e. The molecule has 0 amide bonds. The van der Waals surface area contributed by atoms with Gasteiger partial charge in [0.2, 0.25) is 0 Å². The molecule has 2 rings (SSSR count). The zero-order chi connectivity index (χ0) is 14.6. The first-order valence-corrected chi connectivity index (χ1v) is 7.64. The minimum atomic E-state index is 0.351. The molecule has 0 radical (unpaired) electrons. The van der Waals surface area contributed by atoms with E-state index < -0.39 is 0 Å². The van der Waals surface area contributed by atoms with Crippen molar-refractivity contribution in [2.75, 3.05) is 19.0 Å². The topological polar surface area (TPSA) is 30.5 Å². The fourth-order valence-corrected chi connectivity index (χ4v) is 2.99. The molecule has 112 valence electrons. The van der Waals surface area contributed by atoms with E-state index in [0.717, 1.165) is 17.2 Å². The number of ether oxygens (including phenoxy) is 2. The number of anilines is 1. The number of methoxy groups -OCH3 is 1. The Morgan fingerprint density at radius 3 is 2.70 bits per heavy atom. The van der Waals surface area contributed by atoms with Gasteiger partial charge in [0, 0.05) is 17.8 Å². The molecule has 1 aliphatic rings. The average Bonchev–Trinajstić information content (AvgIpc) is 2.43. The van der Waals surface area contributed by atoms with Gasteiger partial charge in [-0.25, -0.2) is 0 Å². The Labute approximate surface area is 122 Å². The second kappa shape index (κ2) is 6.38. The number of nitrogens with one attached hydrogen (secondary N) is 1. The first-order chi connectivity index (χ1) is 9.56. The van der Waals surface area contributed by atoms with Crippen LogP contribution < -0.4 is 14.8 Å². The van der Waals surface area contributed by atoms with Crippen molar-refractivity contribution < 1.29 is 9.47 Å². The van der Waals surface area contributed by atoms with Gasteiger partial charge in [-0.15, -0.1) is 0 Å². The van der Waals surface area contributed by atoms with Gasteiger partial charge < -0.3 is 14.8 Å². The van der Waals surface area contributed by atoms with Crippen LogP contribution in [0.15, 0.2) is 18.2 Å². The molecule has 0 saturated heterocycles. The van der Waals surface area contributed by atoms with E-state index in [0.29, 0.717) is 18.1 Å². The Morgan fingerprint density at radius 2 is 2.05 bits per heavy atom. The van der Waals surface area contributed by atoms with Crippen LogP contribution >= 0.6 is 0 Å². The van der Waals surface area contributed by atoms with E-state index in [1.165, 1.54) is 25.7 Å². The highest BCUT2D eigenvalue weighted by Gasteiger charge is 2.32. The van der Waals surface area contributed by atoms with Crippen molar-refractivity contribution in [3.05, 3.63) is 18.2 Å². The maximum atomic E-state index is 5.56. The van der Waals surface area contributed by atoms with Gasteiger partial charge in [0.1, 0.15) is 0 Å². The van der Waals surface area contributed by atoms with Gasteiger partial charge in [0.25, 0.3) is 0 Å². The Morgan fingerprint density at radius 1 is 1.25 bits per heavy atom. The third-order valence-corrected chi connectivity index (χ3v) is 4.31. The van der Waals surface area contributed by atoms with E-state index in [-0.39, 0.29) is 0 Å². The number of hydrogen-bond acceptors (Lipinski definition) is 3. The van der Waals surface area contributed by atoms with Gasteiger partial charge in [-0.05, 0) is 37.3 Å². The highest BCUT2D eigenvalue weighted by molar-refractivity contribution is 5.55. The van der Waals surface area contributed by atoms with Crippen molar-refractivity contribution in [1.29, 1.82) is 0 Å². The van der Waals surface area contributed by atoms with Gasteiger partial charge >= 0.3 is 0 Å². The lowest BCUT2D eigenvalue weighted by molar-refractivity contribution is 0.217. The fourth-order valence-electron chi connectivity index (χ4n) is 2.99. The first kappa shape index (κ1) is 15.0. The molecule has 0 aromatic heterocycles. The number of benzene rings is 1. The number of rotatable bonds is 5. The van der Waals surface area contributed by atoms with Crippen molar-refractivity contribution in [1.82, 2.24) is 0 Å². The van der Waals surface area contributed by atoms with E-state index in [4.69, 9.17) is 9.47 Å². The van der Waals surface area contributed by atoms with Gasteiger partial charge in [0.15, 0.2) is 11.5 Å². The summed E-state index contributed by atoms with van der Waals surface area (Å²) in [6.07, 6.45) is 5.19. The molecule has 1 aromatic rings. The van der Waals surface area contributed by atoms with Gasteiger partial charge in [-0.1, -0.05) is 26.7 Å². The molecule has 1 aromatic carbocycles. The standard InChI is InChI=1S/C17H27NO2/c1-5-20-14-10-9-13(12-15(14)19-4)18-16-8-6-7-11-17(16,2)3/h9-10,12,16,18H,5-8,11H2,1-4H3. The molecule has 1 N–H and O–H groups in total. The maximum absolute atomic E-state index is 5.56. The van der Waals surface area contributed by atoms with Crippen LogP contribution in [0.25, 0.3) is 0 Å². The molecule has 3 nitrogen and oxygen atoms in total. The second-order valence-corrected chi connectivity index (χ2v) is 6.23. The summed E-state index contributed by atoms with van der Waals surface area (Å²) < 4.78 is 11.0. The summed E-state index contributed by atoms with van der Waals surface area (Å²) in [4.78, 5) is 0. The summed E-state index contributed by atoms with van der Waals surface area (Å²) in [5.41, 5.74) is 1.47. The van der Waals surface area contributed by atoms with Crippen molar-refractivity contribution in [3.8, 4) is 11.5 Å².